The van der Waals surface area contributed by atoms with Gasteiger partial charge in [-0.2, -0.15) is 24.9 Å². The quantitative estimate of drug-likeness (QED) is 0.720. The van der Waals surface area contributed by atoms with Gasteiger partial charge in [-0.25, -0.2) is 4.39 Å². The Morgan fingerprint density at radius 1 is 1.14 bits per heavy atom. The van der Waals surface area contributed by atoms with E-state index >= 15 is 0 Å². The Morgan fingerprint density at radius 2 is 1.76 bits per heavy atom. The van der Waals surface area contributed by atoms with E-state index in [1.54, 1.807) is 11.8 Å². The maximum Gasteiger partial charge on any atom is 0.416 e. The Morgan fingerprint density at radius 3 is 2.24 bits per heavy atom. The third-order valence-corrected chi connectivity index (χ3v) is 5.45. The van der Waals surface area contributed by atoms with Gasteiger partial charge in [0.15, 0.2) is 0 Å². The molecule has 0 saturated heterocycles. The molecule has 0 heterocycles. The van der Waals surface area contributed by atoms with E-state index in [1.807, 2.05) is 6.26 Å². The first-order chi connectivity index (χ1) is 9.78. The van der Waals surface area contributed by atoms with Crippen LogP contribution in [0, 0.1) is 5.82 Å². The van der Waals surface area contributed by atoms with Crippen LogP contribution in [0.1, 0.15) is 37.8 Å². The van der Waals surface area contributed by atoms with Crippen molar-refractivity contribution in [3.63, 3.8) is 0 Å². The zero-order valence-electron chi connectivity index (χ0n) is 12.5. The van der Waals surface area contributed by atoms with Crippen molar-refractivity contribution >= 4 is 11.8 Å². The van der Waals surface area contributed by atoms with E-state index < -0.39 is 17.6 Å². The molecule has 0 aliphatic carbocycles. The lowest BCUT2D eigenvalue weighted by Crippen LogP contribution is -2.36. The molecule has 0 atom stereocenters. The molecule has 21 heavy (non-hydrogen) atoms. The zero-order chi connectivity index (χ0) is 16.1. The van der Waals surface area contributed by atoms with E-state index in [-0.39, 0.29) is 16.9 Å². The summed E-state index contributed by atoms with van der Waals surface area (Å²) in [6.45, 7) is 4.84. The summed E-state index contributed by atoms with van der Waals surface area (Å²) in [5.74, 6) is -0.869. The fourth-order valence-corrected chi connectivity index (χ4v) is 3.08. The van der Waals surface area contributed by atoms with E-state index in [0.717, 1.165) is 18.9 Å². The first-order valence-corrected chi connectivity index (χ1v) is 8.12. The molecule has 0 aliphatic rings. The molecule has 0 radical (unpaired) electrons. The van der Waals surface area contributed by atoms with Gasteiger partial charge in [0.25, 0.3) is 0 Å². The number of hydrogen-bond donors (Lipinski definition) is 1. The van der Waals surface area contributed by atoms with Gasteiger partial charge in [-0.15, -0.1) is 0 Å². The summed E-state index contributed by atoms with van der Waals surface area (Å²) in [7, 11) is 0. The molecule has 1 aromatic rings. The third kappa shape index (κ3) is 4.88. The zero-order valence-corrected chi connectivity index (χ0v) is 13.3. The van der Waals surface area contributed by atoms with Gasteiger partial charge in [-0.1, -0.05) is 19.9 Å². The van der Waals surface area contributed by atoms with E-state index in [4.69, 9.17) is 0 Å². The Kier molecular flexibility index (Phi) is 6.53. The smallest absolute Gasteiger partial charge is 0.311 e. The van der Waals surface area contributed by atoms with Crippen LogP contribution < -0.4 is 5.32 Å². The van der Waals surface area contributed by atoms with Crippen molar-refractivity contribution in [1.82, 2.24) is 5.32 Å². The van der Waals surface area contributed by atoms with Crippen molar-refractivity contribution in [3.05, 3.63) is 35.1 Å². The maximum atomic E-state index is 13.0. The highest BCUT2D eigenvalue weighted by atomic mass is 32.2. The number of thioether (sulfide) groups is 1. The highest BCUT2D eigenvalue weighted by Gasteiger charge is 2.33. The predicted molar refractivity (Wildman–Crippen MR) is 79.9 cm³/mol. The molecule has 6 heteroatoms. The van der Waals surface area contributed by atoms with Gasteiger partial charge in [0.05, 0.1) is 5.56 Å². The van der Waals surface area contributed by atoms with Gasteiger partial charge >= 0.3 is 6.18 Å². The van der Waals surface area contributed by atoms with Crippen molar-refractivity contribution in [2.24, 2.45) is 0 Å². The summed E-state index contributed by atoms with van der Waals surface area (Å²) >= 11 is 1.72. The normalized spacial score (nSPS) is 12.7. The molecule has 0 saturated carbocycles. The van der Waals surface area contributed by atoms with Gasteiger partial charge in [0.2, 0.25) is 0 Å². The second-order valence-electron chi connectivity index (χ2n) is 5.00. The van der Waals surface area contributed by atoms with E-state index in [0.29, 0.717) is 12.6 Å². The number of hydrogen-bond acceptors (Lipinski definition) is 2. The molecule has 0 aromatic heterocycles. The SMILES string of the molecule is CCC(CC)(CNCc1ccc(F)cc1C(F)(F)F)SC. The molecule has 1 N–H and O–H groups in total. The van der Waals surface area contributed by atoms with E-state index in [1.165, 1.54) is 6.07 Å². The molecule has 0 spiro atoms. The minimum atomic E-state index is -4.54. The summed E-state index contributed by atoms with van der Waals surface area (Å²) in [4.78, 5) is 0. The Labute approximate surface area is 127 Å². The van der Waals surface area contributed by atoms with Gasteiger partial charge in [-0.05, 0) is 36.8 Å². The predicted octanol–water partition coefficient (Wildman–Crippen LogP) is 4.86. The second kappa shape index (κ2) is 7.49. The summed E-state index contributed by atoms with van der Waals surface area (Å²) in [6.07, 6.45) is -0.653. The van der Waals surface area contributed by atoms with Crippen LogP contribution in [0.2, 0.25) is 0 Å². The van der Waals surface area contributed by atoms with Gasteiger partial charge in [0.1, 0.15) is 5.82 Å². The van der Waals surface area contributed by atoms with Crippen LogP contribution in [-0.4, -0.2) is 17.5 Å². The van der Waals surface area contributed by atoms with Crippen LogP contribution in [0.3, 0.4) is 0 Å². The minimum absolute atomic E-state index is 0.0262. The number of benzene rings is 1. The molecule has 1 rings (SSSR count). The molecule has 0 amide bonds. The van der Waals surface area contributed by atoms with Crippen molar-refractivity contribution in [3.8, 4) is 0 Å². The monoisotopic (exact) mass is 323 g/mol. The summed E-state index contributed by atoms with van der Waals surface area (Å²) in [6, 6.07) is 2.82. The fraction of sp³-hybridized carbons (Fsp3) is 0.600. The van der Waals surface area contributed by atoms with Crippen LogP contribution in [0.25, 0.3) is 0 Å². The summed E-state index contributed by atoms with van der Waals surface area (Å²) in [5, 5.41) is 3.08. The topological polar surface area (TPSA) is 12.0 Å². The average Bonchev–Trinajstić information content (AvgIpc) is 2.44. The first-order valence-electron chi connectivity index (χ1n) is 6.89. The van der Waals surface area contributed by atoms with Crippen LogP contribution in [-0.2, 0) is 12.7 Å². The van der Waals surface area contributed by atoms with Gasteiger partial charge in [0, 0.05) is 17.8 Å². The number of nitrogens with one attached hydrogen (secondary N) is 1. The lowest BCUT2D eigenvalue weighted by atomic mass is 10.0. The number of alkyl halides is 3. The Balaban J connectivity index is 2.81. The molecule has 0 bridgehead atoms. The largest absolute Gasteiger partial charge is 0.416 e. The molecule has 1 nitrogen and oxygen atoms in total. The van der Waals surface area contributed by atoms with Crippen LogP contribution in [0.15, 0.2) is 18.2 Å². The average molecular weight is 323 g/mol. The lowest BCUT2D eigenvalue weighted by Gasteiger charge is -2.30. The maximum absolute atomic E-state index is 13.0. The fourth-order valence-electron chi connectivity index (χ4n) is 2.25. The van der Waals surface area contributed by atoms with Gasteiger partial charge < -0.3 is 5.32 Å². The van der Waals surface area contributed by atoms with E-state index in [2.05, 4.69) is 19.2 Å². The Hall–Kier alpha value is -0.750. The Bertz CT molecular complexity index is 447. The van der Waals surface area contributed by atoms with Gasteiger partial charge in [-0.3, -0.25) is 0 Å². The minimum Gasteiger partial charge on any atom is -0.311 e. The number of halogens is 4. The van der Waals surface area contributed by atoms with Crippen molar-refractivity contribution in [2.75, 3.05) is 12.8 Å². The molecular weight excluding hydrogens is 302 g/mol. The van der Waals surface area contributed by atoms with E-state index in [9.17, 15) is 17.6 Å². The molecule has 120 valence electrons. The first kappa shape index (κ1) is 18.3. The summed E-state index contributed by atoms with van der Waals surface area (Å²) in [5.41, 5.74) is -0.830. The number of rotatable bonds is 7. The molecule has 1 aromatic carbocycles. The molecule has 0 unspecified atom stereocenters. The molecule has 0 aliphatic heterocycles. The van der Waals surface area contributed by atoms with Crippen LogP contribution in [0.5, 0.6) is 0 Å². The third-order valence-electron chi connectivity index (χ3n) is 3.86. The van der Waals surface area contributed by atoms with Crippen LogP contribution in [0.4, 0.5) is 17.6 Å². The molecular formula is C15H21F4NS. The second-order valence-corrected chi connectivity index (χ2v) is 6.27. The summed E-state index contributed by atoms with van der Waals surface area (Å²) < 4.78 is 51.7. The highest BCUT2D eigenvalue weighted by molar-refractivity contribution is 8.00. The van der Waals surface area contributed by atoms with Crippen molar-refractivity contribution in [2.45, 2.75) is 44.2 Å². The van der Waals surface area contributed by atoms with Crippen molar-refractivity contribution in [1.29, 1.82) is 0 Å². The highest BCUT2D eigenvalue weighted by Crippen LogP contribution is 2.33. The lowest BCUT2D eigenvalue weighted by molar-refractivity contribution is -0.138. The van der Waals surface area contributed by atoms with Crippen LogP contribution >= 0.6 is 11.8 Å². The standard InChI is InChI=1S/C15H21F4NS/c1-4-14(5-2,21-3)10-20-9-11-6-7-12(16)8-13(11)15(17,18)19/h6-8,20H,4-5,9-10H2,1-3H3. The van der Waals surface area contributed by atoms with Crippen molar-refractivity contribution < 1.29 is 17.6 Å². The molecule has 0 fully saturated rings.